The van der Waals surface area contributed by atoms with E-state index in [1.165, 1.54) is 38.8 Å². The SMILES string of the molecule is CC(C)CN1CCCC[C@@H]1CCN. The number of hydrogen-bond acceptors (Lipinski definition) is 2. The molecule has 78 valence electrons. The number of piperidine rings is 1. The number of nitrogens with two attached hydrogens (primary N) is 1. The molecule has 1 fully saturated rings. The molecule has 0 aromatic heterocycles. The second kappa shape index (κ2) is 5.61. The highest BCUT2D eigenvalue weighted by molar-refractivity contribution is 4.77. The van der Waals surface area contributed by atoms with Crippen LogP contribution in [0.4, 0.5) is 0 Å². The van der Waals surface area contributed by atoms with Crippen LogP contribution in [0.2, 0.25) is 0 Å². The molecule has 0 aromatic carbocycles. The molecule has 0 aromatic rings. The molecule has 1 saturated heterocycles. The molecule has 2 N–H and O–H groups in total. The Morgan fingerprint density at radius 1 is 1.38 bits per heavy atom. The van der Waals surface area contributed by atoms with Crippen molar-refractivity contribution in [3.63, 3.8) is 0 Å². The summed E-state index contributed by atoms with van der Waals surface area (Å²) in [6.45, 7) is 8.00. The van der Waals surface area contributed by atoms with Crippen LogP contribution in [0.3, 0.4) is 0 Å². The summed E-state index contributed by atoms with van der Waals surface area (Å²) in [5.41, 5.74) is 5.63. The average molecular weight is 184 g/mol. The van der Waals surface area contributed by atoms with Gasteiger partial charge in [0, 0.05) is 12.6 Å². The van der Waals surface area contributed by atoms with E-state index in [-0.39, 0.29) is 0 Å². The van der Waals surface area contributed by atoms with E-state index in [1.807, 2.05) is 0 Å². The van der Waals surface area contributed by atoms with Gasteiger partial charge in [-0.15, -0.1) is 0 Å². The van der Waals surface area contributed by atoms with Crippen molar-refractivity contribution in [2.45, 2.75) is 45.6 Å². The second-order valence-electron chi connectivity index (χ2n) is 4.62. The molecule has 2 heteroatoms. The largest absolute Gasteiger partial charge is 0.330 e. The van der Waals surface area contributed by atoms with E-state index in [0.717, 1.165) is 18.5 Å². The fraction of sp³-hybridized carbons (Fsp3) is 1.00. The van der Waals surface area contributed by atoms with Gasteiger partial charge in [0.15, 0.2) is 0 Å². The third kappa shape index (κ3) is 3.65. The van der Waals surface area contributed by atoms with Crippen LogP contribution in [0.1, 0.15) is 39.5 Å². The fourth-order valence-electron chi connectivity index (χ4n) is 2.29. The van der Waals surface area contributed by atoms with Gasteiger partial charge in [0.1, 0.15) is 0 Å². The van der Waals surface area contributed by atoms with E-state index in [9.17, 15) is 0 Å². The quantitative estimate of drug-likeness (QED) is 0.722. The fourth-order valence-corrected chi connectivity index (χ4v) is 2.29. The molecule has 0 unspecified atom stereocenters. The summed E-state index contributed by atoms with van der Waals surface area (Å²) in [5.74, 6) is 0.790. The van der Waals surface area contributed by atoms with E-state index in [1.54, 1.807) is 0 Å². The summed E-state index contributed by atoms with van der Waals surface area (Å²) in [4.78, 5) is 2.64. The third-order valence-electron chi connectivity index (χ3n) is 2.85. The zero-order valence-corrected chi connectivity index (χ0v) is 9.13. The molecule has 0 aliphatic carbocycles. The molecule has 1 aliphatic heterocycles. The highest BCUT2D eigenvalue weighted by Crippen LogP contribution is 2.20. The lowest BCUT2D eigenvalue weighted by Crippen LogP contribution is -2.42. The van der Waals surface area contributed by atoms with Crippen LogP contribution in [0, 0.1) is 5.92 Å². The summed E-state index contributed by atoms with van der Waals surface area (Å²) in [5, 5.41) is 0. The van der Waals surface area contributed by atoms with Crippen LogP contribution in [-0.2, 0) is 0 Å². The van der Waals surface area contributed by atoms with Crippen molar-refractivity contribution in [2.24, 2.45) is 11.7 Å². The van der Waals surface area contributed by atoms with E-state index < -0.39 is 0 Å². The first-order valence-corrected chi connectivity index (χ1v) is 5.68. The predicted octanol–water partition coefficient (Wildman–Crippen LogP) is 1.85. The zero-order chi connectivity index (χ0) is 9.68. The summed E-state index contributed by atoms with van der Waals surface area (Å²) in [7, 11) is 0. The molecule has 0 bridgehead atoms. The van der Waals surface area contributed by atoms with Crippen molar-refractivity contribution in [2.75, 3.05) is 19.6 Å². The van der Waals surface area contributed by atoms with Crippen molar-refractivity contribution in [1.29, 1.82) is 0 Å². The summed E-state index contributed by atoms with van der Waals surface area (Å²) < 4.78 is 0. The van der Waals surface area contributed by atoms with Gasteiger partial charge < -0.3 is 10.6 Å². The molecular formula is C11H24N2. The van der Waals surface area contributed by atoms with Crippen LogP contribution >= 0.6 is 0 Å². The minimum atomic E-state index is 0.779. The summed E-state index contributed by atoms with van der Waals surface area (Å²) in [6, 6.07) is 0.779. The van der Waals surface area contributed by atoms with Gasteiger partial charge in [0.2, 0.25) is 0 Å². The minimum absolute atomic E-state index is 0.779. The molecule has 1 rings (SSSR count). The monoisotopic (exact) mass is 184 g/mol. The van der Waals surface area contributed by atoms with Gasteiger partial charge >= 0.3 is 0 Å². The Balaban J connectivity index is 2.36. The first kappa shape index (κ1) is 11.0. The van der Waals surface area contributed by atoms with Crippen molar-refractivity contribution in [3.8, 4) is 0 Å². The highest BCUT2D eigenvalue weighted by Gasteiger charge is 2.21. The van der Waals surface area contributed by atoms with Crippen molar-refractivity contribution >= 4 is 0 Å². The van der Waals surface area contributed by atoms with Crippen LogP contribution in [0.25, 0.3) is 0 Å². The maximum atomic E-state index is 5.63. The average Bonchev–Trinajstić information content (AvgIpc) is 2.08. The Hall–Kier alpha value is -0.0800. The van der Waals surface area contributed by atoms with E-state index >= 15 is 0 Å². The van der Waals surface area contributed by atoms with Gasteiger partial charge in [-0.1, -0.05) is 20.3 Å². The van der Waals surface area contributed by atoms with E-state index in [4.69, 9.17) is 5.73 Å². The molecule has 1 heterocycles. The van der Waals surface area contributed by atoms with E-state index in [0.29, 0.717) is 0 Å². The van der Waals surface area contributed by atoms with Crippen LogP contribution in [0.15, 0.2) is 0 Å². The molecule has 13 heavy (non-hydrogen) atoms. The molecule has 0 amide bonds. The summed E-state index contributed by atoms with van der Waals surface area (Å²) >= 11 is 0. The Labute approximate surface area is 82.5 Å². The first-order valence-electron chi connectivity index (χ1n) is 5.68. The van der Waals surface area contributed by atoms with Crippen molar-refractivity contribution < 1.29 is 0 Å². The smallest absolute Gasteiger partial charge is 0.0107 e. The Morgan fingerprint density at radius 3 is 2.77 bits per heavy atom. The number of likely N-dealkylation sites (tertiary alicyclic amines) is 1. The van der Waals surface area contributed by atoms with Gasteiger partial charge in [-0.2, -0.15) is 0 Å². The number of hydrogen-bond donors (Lipinski definition) is 1. The molecular weight excluding hydrogens is 160 g/mol. The minimum Gasteiger partial charge on any atom is -0.330 e. The third-order valence-corrected chi connectivity index (χ3v) is 2.85. The molecule has 1 aliphatic rings. The summed E-state index contributed by atoms with van der Waals surface area (Å²) in [6.07, 6.45) is 5.34. The van der Waals surface area contributed by atoms with E-state index in [2.05, 4.69) is 18.7 Å². The van der Waals surface area contributed by atoms with Gasteiger partial charge in [-0.3, -0.25) is 0 Å². The van der Waals surface area contributed by atoms with Crippen LogP contribution in [-0.4, -0.2) is 30.6 Å². The Kier molecular flexibility index (Phi) is 4.74. The normalized spacial score (nSPS) is 25.4. The maximum Gasteiger partial charge on any atom is 0.0107 e. The highest BCUT2D eigenvalue weighted by atomic mass is 15.2. The lowest BCUT2D eigenvalue weighted by atomic mass is 9.98. The molecule has 0 saturated carbocycles. The van der Waals surface area contributed by atoms with Gasteiger partial charge in [-0.25, -0.2) is 0 Å². The molecule has 2 nitrogen and oxygen atoms in total. The first-order chi connectivity index (χ1) is 6.24. The second-order valence-corrected chi connectivity index (χ2v) is 4.62. The number of nitrogens with zero attached hydrogens (tertiary/aromatic N) is 1. The van der Waals surface area contributed by atoms with Gasteiger partial charge in [-0.05, 0) is 38.3 Å². The van der Waals surface area contributed by atoms with Gasteiger partial charge in [0.05, 0.1) is 0 Å². The predicted molar refractivity (Wildman–Crippen MR) is 57.7 cm³/mol. The Bertz CT molecular complexity index is 132. The van der Waals surface area contributed by atoms with Crippen molar-refractivity contribution in [3.05, 3.63) is 0 Å². The molecule has 0 radical (unpaired) electrons. The molecule has 0 spiro atoms. The topological polar surface area (TPSA) is 29.3 Å². The number of rotatable bonds is 4. The van der Waals surface area contributed by atoms with Crippen LogP contribution in [0.5, 0.6) is 0 Å². The van der Waals surface area contributed by atoms with Crippen LogP contribution < -0.4 is 5.73 Å². The van der Waals surface area contributed by atoms with Crippen molar-refractivity contribution in [1.82, 2.24) is 4.90 Å². The standard InChI is InChI=1S/C11H24N2/c1-10(2)9-13-8-4-3-5-11(13)6-7-12/h10-11H,3-9,12H2,1-2H3/t11-/m1/s1. The van der Waals surface area contributed by atoms with Gasteiger partial charge in [0.25, 0.3) is 0 Å². The molecule has 1 atom stereocenters. The maximum absolute atomic E-state index is 5.63. The lowest BCUT2D eigenvalue weighted by Gasteiger charge is -2.36. The lowest BCUT2D eigenvalue weighted by molar-refractivity contribution is 0.126. The Morgan fingerprint density at radius 2 is 2.15 bits per heavy atom. The zero-order valence-electron chi connectivity index (χ0n) is 9.13.